The number of rotatable bonds is 3. The molecule has 1 N–H and O–H groups in total. The van der Waals surface area contributed by atoms with Gasteiger partial charge in [-0.15, -0.1) is 0 Å². The summed E-state index contributed by atoms with van der Waals surface area (Å²) in [5, 5.41) is 4.34. The summed E-state index contributed by atoms with van der Waals surface area (Å²) in [5.41, 5.74) is 0.949. The second kappa shape index (κ2) is 4.44. The van der Waals surface area contributed by atoms with Crippen molar-refractivity contribution < 1.29 is 8.42 Å². The van der Waals surface area contributed by atoms with E-state index >= 15 is 0 Å². The van der Waals surface area contributed by atoms with Crippen LogP contribution in [-0.4, -0.2) is 30.2 Å². The van der Waals surface area contributed by atoms with Crippen LogP contribution in [0.15, 0.2) is 17.6 Å². The van der Waals surface area contributed by atoms with Crippen molar-refractivity contribution >= 4 is 15.7 Å². The van der Waals surface area contributed by atoms with E-state index < -0.39 is 9.84 Å². The van der Waals surface area contributed by atoms with Crippen LogP contribution < -0.4 is 5.32 Å². The Morgan fingerprint density at radius 1 is 1.47 bits per heavy atom. The summed E-state index contributed by atoms with van der Waals surface area (Å²) in [6.45, 7) is 3.84. The maximum Gasteiger partial charge on any atom is 0.173 e. The first-order chi connectivity index (χ1) is 7.98. The van der Waals surface area contributed by atoms with E-state index in [0.717, 1.165) is 12.1 Å². The van der Waals surface area contributed by atoms with E-state index in [1.165, 1.54) is 5.41 Å². The molecule has 92 valence electrons. The minimum absolute atomic E-state index is 0.0948. The molecule has 0 saturated heterocycles. The van der Waals surface area contributed by atoms with Crippen LogP contribution >= 0.6 is 0 Å². The van der Waals surface area contributed by atoms with Crippen LogP contribution in [0.25, 0.3) is 0 Å². The van der Waals surface area contributed by atoms with Crippen LogP contribution in [-0.2, 0) is 16.3 Å². The summed E-state index contributed by atoms with van der Waals surface area (Å²) >= 11 is 0. The number of anilines is 1. The van der Waals surface area contributed by atoms with Crippen LogP contribution in [0.3, 0.4) is 0 Å². The highest BCUT2D eigenvalue weighted by molar-refractivity contribution is 7.94. The maximum absolute atomic E-state index is 11.3. The average Bonchev–Trinajstić information content (AvgIpc) is 2.57. The molecule has 1 aliphatic rings. The summed E-state index contributed by atoms with van der Waals surface area (Å²) < 4.78 is 22.5. The molecule has 1 unspecified atom stereocenters. The molecule has 1 aliphatic heterocycles. The van der Waals surface area contributed by atoms with Crippen LogP contribution in [0.1, 0.15) is 18.4 Å². The predicted octanol–water partition coefficient (Wildman–Crippen LogP) is 1.07. The lowest BCUT2D eigenvalue weighted by Crippen LogP contribution is -2.22. The highest BCUT2D eigenvalue weighted by Gasteiger charge is 2.21. The molecule has 0 amide bonds. The van der Waals surface area contributed by atoms with Crippen molar-refractivity contribution in [2.45, 2.75) is 26.3 Å². The van der Waals surface area contributed by atoms with E-state index in [2.05, 4.69) is 15.3 Å². The van der Waals surface area contributed by atoms with E-state index in [1.807, 2.05) is 19.9 Å². The fraction of sp³-hybridized carbons (Fsp3) is 0.455. The molecular formula is C11H15N3O2S. The molecule has 1 atom stereocenters. The Hall–Kier alpha value is -1.43. The molecule has 2 rings (SSSR count). The molecule has 0 fully saturated rings. The smallest absolute Gasteiger partial charge is 0.173 e. The largest absolute Gasteiger partial charge is 0.363 e. The van der Waals surface area contributed by atoms with Crippen molar-refractivity contribution in [3.63, 3.8) is 0 Å². The predicted molar refractivity (Wildman–Crippen MR) is 66.5 cm³/mol. The molecule has 2 heterocycles. The van der Waals surface area contributed by atoms with Crippen molar-refractivity contribution in [2.24, 2.45) is 0 Å². The lowest BCUT2D eigenvalue weighted by Gasteiger charge is -2.11. The summed E-state index contributed by atoms with van der Waals surface area (Å²) in [6, 6.07) is 1.66. The number of hydrogen-bond acceptors (Lipinski definition) is 5. The van der Waals surface area contributed by atoms with Gasteiger partial charge < -0.3 is 5.32 Å². The minimum Gasteiger partial charge on any atom is -0.363 e. The summed E-state index contributed by atoms with van der Waals surface area (Å²) in [7, 11) is -3.03. The number of nitrogens with one attached hydrogen (secondary N) is 1. The van der Waals surface area contributed by atoms with Gasteiger partial charge in [0.05, 0.1) is 11.8 Å². The Morgan fingerprint density at radius 3 is 2.82 bits per heavy atom. The zero-order chi connectivity index (χ0) is 12.5. The van der Waals surface area contributed by atoms with E-state index in [4.69, 9.17) is 0 Å². The van der Waals surface area contributed by atoms with Gasteiger partial charge in [0.25, 0.3) is 0 Å². The molecule has 0 aliphatic carbocycles. The normalized spacial score (nSPS) is 21.6. The van der Waals surface area contributed by atoms with Gasteiger partial charge in [-0.2, -0.15) is 0 Å². The zero-order valence-corrected chi connectivity index (χ0v) is 10.7. The molecule has 0 aromatic carbocycles. The van der Waals surface area contributed by atoms with E-state index in [0.29, 0.717) is 11.6 Å². The Labute approximate surface area is 101 Å². The first-order valence-electron chi connectivity index (χ1n) is 5.50. The molecule has 1 aromatic rings. The van der Waals surface area contributed by atoms with Gasteiger partial charge in [0.2, 0.25) is 0 Å². The monoisotopic (exact) mass is 253 g/mol. The molecule has 0 radical (unpaired) electrons. The second-order valence-electron chi connectivity index (χ2n) is 4.05. The van der Waals surface area contributed by atoms with Crippen molar-refractivity contribution in [1.82, 2.24) is 9.97 Å². The van der Waals surface area contributed by atoms with Gasteiger partial charge in [-0.3, -0.25) is 0 Å². The molecule has 0 bridgehead atoms. The van der Waals surface area contributed by atoms with Gasteiger partial charge in [0, 0.05) is 17.2 Å². The molecule has 5 nitrogen and oxygen atoms in total. The van der Waals surface area contributed by atoms with Gasteiger partial charge in [0.15, 0.2) is 9.84 Å². The Bertz CT molecular complexity index is 552. The molecule has 0 saturated carbocycles. The van der Waals surface area contributed by atoms with Crippen molar-refractivity contribution in [2.75, 3.05) is 11.1 Å². The van der Waals surface area contributed by atoms with Crippen molar-refractivity contribution in [3.05, 3.63) is 29.1 Å². The highest BCUT2D eigenvalue weighted by atomic mass is 32.2. The third kappa shape index (κ3) is 3.03. The summed E-state index contributed by atoms with van der Waals surface area (Å²) in [5.74, 6) is 1.47. The van der Waals surface area contributed by atoms with Gasteiger partial charge >= 0.3 is 0 Å². The lowest BCUT2D eigenvalue weighted by molar-refractivity contribution is 0.605. The van der Waals surface area contributed by atoms with Gasteiger partial charge in [-0.1, -0.05) is 6.92 Å². The number of sulfone groups is 1. The molecule has 6 heteroatoms. The average molecular weight is 253 g/mol. The Morgan fingerprint density at radius 2 is 2.24 bits per heavy atom. The quantitative estimate of drug-likeness (QED) is 0.872. The maximum atomic E-state index is 11.3. The number of nitrogens with zero attached hydrogens (tertiary/aromatic N) is 2. The summed E-state index contributed by atoms with van der Waals surface area (Å²) in [4.78, 5) is 8.51. The first-order valence-corrected chi connectivity index (χ1v) is 7.22. The number of aryl methyl sites for hydroxylation is 2. The summed E-state index contributed by atoms with van der Waals surface area (Å²) in [6.07, 6.45) is 2.48. The Balaban J connectivity index is 2.15. The third-order valence-electron chi connectivity index (χ3n) is 2.52. The first kappa shape index (κ1) is 12.0. The third-order valence-corrected chi connectivity index (χ3v) is 3.91. The SMILES string of the molecule is CCc1cc(NC2C=CS(=O)(=O)C2)nc(C)n1. The van der Waals surface area contributed by atoms with Gasteiger partial charge in [0.1, 0.15) is 11.6 Å². The number of aromatic nitrogens is 2. The molecule has 17 heavy (non-hydrogen) atoms. The van der Waals surface area contributed by atoms with Gasteiger partial charge in [-0.25, -0.2) is 18.4 Å². The second-order valence-corrected chi connectivity index (χ2v) is 5.99. The highest BCUT2D eigenvalue weighted by Crippen LogP contribution is 2.14. The van der Waals surface area contributed by atoms with Crippen LogP contribution in [0.4, 0.5) is 5.82 Å². The number of hydrogen-bond donors (Lipinski definition) is 1. The van der Waals surface area contributed by atoms with Crippen LogP contribution in [0, 0.1) is 6.92 Å². The fourth-order valence-corrected chi connectivity index (χ4v) is 2.98. The minimum atomic E-state index is -3.03. The molecule has 0 spiro atoms. The molecular weight excluding hydrogens is 238 g/mol. The van der Waals surface area contributed by atoms with E-state index in [9.17, 15) is 8.42 Å². The lowest BCUT2D eigenvalue weighted by atomic mass is 10.3. The van der Waals surface area contributed by atoms with E-state index in [1.54, 1.807) is 6.08 Å². The standard InChI is InChI=1S/C11H15N3O2S/c1-3-9-6-11(13-8(2)12-9)14-10-4-5-17(15,16)7-10/h4-6,10H,3,7H2,1-2H3,(H,12,13,14). The fourth-order valence-electron chi connectivity index (χ4n) is 1.74. The van der Waals surface area contributed by atoms with Crippen molar-refractivity contribution in [3.8, 4) is 0 Å². The Kier molecular flexibility index (Phi) is 3.15. The zero-order valence-electron chi connectivity index (χ0n) is 9.84. The van der Waals surface area contributed by atoms with Crippen LogP contribution in [0.2, 0.25) is 0 Å². The van der Waals surface area contributed by atoms with Crippen LogP contribution in [0.5, 0.6) is 0 Å². The topological polar surface area (TPSA) is 72.0 Å². The van der Waals surface area contributed by atoms with Gasteiger partial charge in [-0.05, 0) is 19.4 Å². The molecule has 1 aromatic heterocycles. The van der Waals surface area contributed by atoms with E-state index in [-0.39, 0.29) is 11.8 Å². The van der Waals surface area contributed by atoms with Crippen molar-refractivity contribution in [1.29, 1.82) is 0 Å².